The molecule has 4 nitrogen and oxygen atoms in total. The van der Waals surface area contributed by atoms with Gasteiger partial charge in [0.05, 0.1) is 12.7 Å². The Bertz CT molecular complexity index is 454. The predicted octanol–water partition coefficient (Wildman–Crippen LogP) is 2.27. The van der Waals surface area contributed by atoms with E-state index in [1.165, 1.54) is 0 Å². The van der Waals surface area contributed by atoms with Crippen LogP contribution < -0.4 is 11.1 Å². The van der Waals surface area contributed by atoms with E-state index < -0.39 is 0 Å². The van der Waals surface area contributed by atoms with E-state index in [0.717, 1.165) is 43.2 Å². The normalized spacial score (nSPS) is 22.0. The van der Waals surface area contributed by atoms with Crippen molar-refractivity contribution >= 4 is 5.91 Å². The van der Waals surface area contributed by atoms with Crippen LogP contribution in [-0.4, -0.2) is 31.2 Å². The molecule has 1 fully saturated rings. The molecule has 1 aromatic carbocycles. The van der Waals surface area contributed by atoms with Crippen LogP contribution in [0.15, 0.2) is 24.3 Å². The number of rotatable bonds is 6. The van der Waals surface area contributed by atoms with Crippen molar-refractivity contribution in [2.75, 3.05) is 13.2 Å². The summed E-state index contributed by atoms with van der Waals surface area (Å²) >= 11 is 0. The number of hydrogen-bond donors (Lipinski definition) is 2. The van der Waals surface area contributed by atoms with Gasteiger partial charge in [-0.2, -0.15) is 0 Å². The largest absolute Gasteiger partial charge is 0.376 e. The second-order valence-electron chi connectivity index (χ2n) is 5.67. The smallest absolute Gasteiger partial charge is 0.251 e. The van der Waals surface area contributed by atoms with E-state index in [0.29, 0.717) is 25.3 Å². The molecule has 4 heteroatoms. The molecule has 21 heavy (non-hydrogen) atoms. The van der Waals surface area contributed by atoms with Crippen LogP contribution in [0.3, 0.4) is 0 Å². The highest BCUT2D eigenvalue weighted by Crippen LogP contribution is 2.19. The summed E-state index contributed by atoms with van der Waals surface area (Å²) < 4.78 is 5.80. The second kappa shape index (κ2) is 8.15. The van der Waals surface area contributed by atoms with E-state index in [-0.39, 0.29) is 5.91 Å². The fourth-order valence-electron chi connectivity index (χ4n) is 2.79. The third kappa shape index (κ3) is 4.83. The van der Waals surface area contributed by atoms with Gasteiger partial charge in [0.2, 0.25) is 0 Å². The molecule has 0 spiro atoms. The molecule has 1 aliphatic rings. The Balaban J connectivity index is 1.70. The Hall–Kier alpha value is -1.39. The summed E-state index contributed by atoms with van der Waals surface area (Å²) in [4.78, 5) is 12.1. The van der Waals surface area contributed by atoms with Crippen molar-refractivity contribution in [1.29, 1.82) is 0 Å². The van der Waals surface area contributed by atoms with Crippen molar-refractivity contribution in [3.63, 3.8) is 0 Å². The van der Waals surface area contributed by atoms with E-state index in [1.807, 2.05) is 24.3 Å². The third-order valence-corrected chi connectivity index (χ3v) is 4.10. The van der Waals surface area contributed by atoms with Gasteiger partial charge in [-0.25, -0.2) is 0 Å². The molecule has 0 aromatic heterocycles. The number of nitrogens with one attached hydrogen (secondary N) is 1. The van der Waals surface area contributed by atoms with Gasteiger partial charge >= 0.3 is 0 Å². The molecule has 1 aromatic rings. The second-order valence-corrected chi connectivity index (χ2v) is 5.67. The first-order valence-corrected chi connectivity index (χ1v) is 7.94. The average molecular weight is 290 g/mol. The molecule has 0 heterocycles. The van der Waals surface area contributed by atoms with Crippen molar-refractivity contribution in [3.8, 4) is 0 Å². The van der Waals surface area contributed by atoms with Crippen LogP contribution in [0.4, 0.5) is 0 Å². The van der Waals surface area contributed by atoms with Gasteiger partial charge in [-0.1, -0.05) is 25.1 Å². The fraction of sp³-hybridized carbons (Fsp3) is 0.588. The monoisotopic (exact) mass is 290 g/mol. The Labute approximate surface area is 127 Å². The van der Waals surface area contributed by atoms with Crippen LogP contribution in [0, 0.1) is 0 Å². The molecule has 0 saturated heterocycles. The van der Waals surface area contributed by atoms with Gasteiger partial charge < -0.3 is 15.8 Å². The molecule has 1 aliphatic carbocycles. The van der Waals surface area contributed by atoms with Crippen LogP contribution in [0.25, 0.3) is 0 Å². The maximum atomic E-state index is 12.1. The number of aryl methyl sites for hydroxylation is 1. The SMILES string of the molecule is CCc1ccccc1C(=O)NCCOC1CCC(N)CC1. The molecule has 0 atom stereocenters. The summed E-state index contributed by atoms with van der Waals surface area (Å²) in [5.74, 6) is -0.0123. The zero-order valence-corrected chi connectivity index (χ0v) is 12.8. The molecule has 0 bridgehead atoms. The van der Waals surface area contributed by atoms with Crippen LogP contribution in [-0.2, 0) is 11.2 Å². The number of benzene rings is 1. The van der Waals surface area contributed by atoms with Crippen LogP contribution in [0.5, 0.6) is 0 Å². The van der Waals surface area contributed by atoms with Crippen LogP contribution in [0.2, 0.25) is 0 Å². The van der Waals surface area contributed by atoms with Crippen LogP contribution in [0.1, 0.15) is 48.5 Å². The van der Waals surface area contributed by atoms with Gasteiger partial charge in [-0.3, -0.25) is 4.79 Å². The Morgan fingerprint density at radius 1 is 1.29 bits per heavy atom. The molecule has 0 radical (unpaired) electrons. The number of hydrogen-bond acceptors (Lipinski definition) is 3. The van der Waals surface area contributed by atoms with Gasteiger partial charge in [0.25, 0.3) is 5.91 Å². The molecule has 1 amide bonds. The lowest BCUT2D eigenvalue weighted by atomic mass is 9.94. The number of carbonyl (C=O) groups is 1. The molecule has 0 unspecified atom stereocenters. The first-order valence-electron chi connectivity index (χ1n) is 7.94. The molecule has 116 valence electrons. The lowest BCUT2D eigenvalue weighted by molar-refractivity contribution is 0.0267. The number of ether oxygens (including phenoxy) is 1. The highest BCUT2D eigenvalue weighted by atomic mass is 16.5. The minimum atomic E-state index is -0.0123. The van der Waals surface area contributed by atoms with E-state index in [1.54, 1.807) is 0 Å². The zero-order valence-electron chi connectivity index (χ0n) is 12.8. The summed E-state index contributed by atoms with van der Waals surface area (Å²) in [6.07, 6.45) is 5.33. The van der Waals surface area contributed by atoms with Crippen molar-refractivity contribution in [2.24, 2.45) is 5.73 Å². The van der Waals surface area contributed by atoms with Gasteiger partial charge in [0.1, 0.15) is 0 Å². The maximum absolute atomic E-state index is 12.1. The summed E-state index contributed by atoms with van der Waals surface area (Å²) in [7, 11) is 0. The molecule has 2 rings (SSSR count). The lowest BCUT2D eigenvalue weighted by Gasteiger charge is -2.26. The molecule has 0 aliphatic heterocycles. The molecule has 3 N–H and O–H groups in total. The first-order chi connectivity index (χ1) is 10.2. The third-order valence-electron chi connectivity index (χ3n) is 4.10. The predicted molar refractivity (Wildman–Crippen MR) is 84.3 cm³/mol. The van der Waals surface area contributed by atoms with E-state index in [4.69, 9.17) is 10.5 Å². The summed E-state index contributed by atoms with van der Waals surface area (Å²) in [6.45, 7) is 3.18. The van der Waals surface area contributed by atoms with Gasteiger partial charge in [-0.05, 0) is 43.7 Å². The van der Waals surface area contributed by atoms with E-state index >= 15 is 0 Å². The minimum Gasteiger partial charge on any atom is -0.376 e. The topological polar surface area (TPSA) is 64.3 Å². The van der Waals surface area contributed by atoms with Crippen LogP contribution >= 0.6 is 0 Å². The highest BCUT2D eigenvalue weighted by Gasteiger charge is 2.18. The number of nitrogens with two attached hydrogens (primary N) is 1. The summed E-state index contributed by atoms with van der Waals surface area (Å²) in [6, 6.07) is 8.08. The zero-order chi connectivity index (χ0) is 15.1. The Kier molecular flexibility index (Phi) is 6.21. The van der Waals surface area contributed by atoms with Gasteiger partial charge in [-0.15, -0.1) is 0 Å². The fourth-order valence-corrected chi connectivity index (χ4v) is 2.79. The molecular formula is C17H26N2O2. The standard InChI is InChI=1S/C17H26N2O2/c1-2-13-5-3-4-6-16(13)17(20)19-11-12-21-15-9-7-14(18)8-10-15/h3-6,14-15H,2,7-12,18H2,1H3,(H,19,20). The average Bonchev–Trinajstić information content (AvgIpc) is 2.53. The van der Waals surface area contributed by atoms with Crippen molar-refractivity contribution in [2.45, 2.75) is 51.2 Å². The number of carbonyl (C=O) groups excluding carboxylic acids is 1. The quantitative estimate of drug-likeness (QED) is 0.790. The van der Waals surface area contributed by atoms with E-state index in [2.05, 4.69) is 12.2 Å². The number of amides is 1. The first kappa shape index (κ1) is 16.0. The maximum Gasteiger partial charge on any atom is 0.251 e. The lowest BCUT2D eigenvalue weighted by Crippen LogP contribution is -2.33. The van der Waals surface area contributed by atoms with Crippen molar-refractivity contribution < 1.29 is 9.53 Å². The summed E-state index contributed by atoms with van der Waals surface area (Å²) in [5, 5.41) is 2.93. The Morgan fingerprint density at radius 2 is 2.00 bits per heavy atom. The van der Waals surface area contributed by atoms with E-state index in [9.17, 15) is 4.79 Å². The van der Waals surface area contributed by atoms with Gasteiger partial charge in [0, 0.05) is 18.2 Å². The van der Waals surface area contributed by atoms with Gasteiger partial charge in [0.15, 0.2) is 0 Å². The molecule has 1 saturated carbocycles. The molecular weight excluding hydrogens is 264 g/mol. The minimum absolute atomic E-state index is 0.0123. The Morgan fingerprint density at radius 3 is 2.71 bits per heavy atom. The van der Waals surface area contributed by atoms with Crippen molar-refractivity contribution in [1.82, 2.24) is 5.32 Å². The highest BCUT2D eigenvalue weighted by molar-refractivity contribution is 5.95. The summed E-state index contributed by atoms with van der Waals surface area (Å²) in [5.41, 5.74) is 7.72. The van der Waals surface area contributed by atoms with Crippen molar-refractivity contribution in [3.05, 3.63) is 35.4 Å².